The minimum atomic E-state index is -0.869. The van der Waals surface area contributed by atoms with E-state index in [2.05, 4.69) is 42.5 Å². The molecule has 3 heterocycles. The van der Waals surface area contributed by atoms with E-state index in [1.54, 1.807) is 24.5 Å². The molecule has 0 saturated heterocycles. The number of H-pyrrole nitrogens is 1. The number of fused-ring (bicyclic) bond motifs is 1. The smallest absolute Gasteiger partial charge is 0.142 e. The Labute approximate surface area is 127 Å². The van der Waals surface area contributed by atoms with Crippen molar-refractivity contribution in [2.75, 3.05) is 0 Å². The average molecular weight is 387 g/mol. The first kappa shape index (κ1) is 12.8. The maximum atomic E-state index is 10.4. The third-order valence-electron chi connectivity index (χ3n) is 2.77. The van der Waals surface area contributed by atoms with Crippen molar-refractivity contribution >= 4 is 45.2 Å². The molecule has 0 aliphatic heterocycles. The Morgan fingerprint density at radius 3 is 2.95 bits per heavy atom. The van der Waals surface area contributed by atoms with E-state index in [9.17, 15) is 5.11 Å². The Hall–Kier alpha value is -1.25. The van der Waals surface area contributed by atoms with Gasteiger partial charge >= 0.3 is 0 Å². The van der Waals surface area contributed by atoms with Crippen LogP contribution in [0.25, 0.3) is 11.0 Å². The van der Waals surface area contributed by atoms with E-state index in [-0.39, 0.29) is 0 Å². The molecule has 1 atom stereocenters. The number of hydrogen-bond acceptors (Lipinski definition) is 4. The van der Waals surface area contributed by atoms with Crippen LogP contribution < -0.4 is 0 Å². The molecule has 5 nitrogen and oxygen atoms in total. The van der Waals surface area contributed by atoms with Crippen molar-refractivity contribution in [3.8, 4) is 0 Å². The van der Waals surface area contributed by atoms with Gasteiger partial charge in [0, 0.05) is 23.0 Å². The molecule has 1 unspecified atom stereocenters. The van der Waals surface area contributed by atoms with Crippen molar-refractivity contribution in [3.63, 3.8) is 0 Å². The molecule has 0 saturated carbocycles. The number of hydrogen-bond donors (Lipinski definition) is 2. The molecule has 0 aliphatic carbocycles. The molecule has 0 aliphatic rings. The fraction of sp³-hybridized carbons (Fsp3) is 0.0833. The molecule has 0 spiro atoms. The van der Waals surface area contributed by atoms with Crippen LogP contribution >= 0.6 is 34.2 Å². The Balaban J connectivity index is 2.14. The predicted molar refractivity (Wildman–Crippen MR) is 79.9 cm³/mol. The molecule has 3 aromatic rings. The molecule has 19 heavy (non-hydrogen) atoms. The van der Waals surface area contributed by atoms with Crippen LogP contribution in [0.3, 0.4) is 0 Å². The van der Waals surface area contributed by atoms with Crippen LogP contribution in [0.2, 0.25) is 5.02 Å². The van der Waals surface area contributed by atoms with Crippen LogP contribution in [0.1, 0.15) is 17.4 Å². The van der Waals surface area contributed by atoms with E-state index >= 15 is 0 Å². The molecule has 0 radical (unpaired) electrons. The van der Waals surface area contributed by atoms with Crippen molar-refractivity contribution in [1.82, 2.24) is 19.9 Å². The molecule has 2 N–H and O–H groups in total. The van der Waals surface area contributed by atoms with E-state index in [1.807, 2.05) is 0 Å². The zero-order valence-corrected chi connectivity index (χ0v) is 12.4. The van der Waals surface area contributed by atoms with Crippen molar-refractivity contribution in [2.45, 2.75) is 6.10 Å². The molecule has 3 aromatic heterocycles. The zero-order chi connectivity index (χ0) is 13.4. The summed E-state index contributed by atoms with van der Waals surface area (Å²) in [6, 6.07) is 3.31. The van der Waals surface area contributed by atoms with Gasteiger partial charge in [-0.1, -0.05) is 11.6 Å². The summed E-state index contributed by atoms with van der Waals surface area (Å²) in [5.74, 6) is 0. The third-order valence-corrected chi connectivity index (χ3v) is 3.82. The second kappa shape index (κ2) is 5.03. The summed E-state index contributed by atoms with van der Waals surface area (Å²) in [5, 5.41) is 11.8. The van der Waals surface area contributed by atoms with Crippen molar-refractivity contribution in [3.05, 3.63) is 50.8 Å². The molecule has 0 fully saturated rings. The number of pyridine rings is 1. The Morgan fingerprint density at radius 1 is 1.32 bits per heavy atom. The summed E-state index contributed by atoms with van der Waals surface area (Å²) in [6.45, 7) is 0. The number of aliphatic hydroxyl groups is 1. The van der Waals surface area contributed by atoms with Crippen LogP contribution in [0.4, 0.5) is 0 Å². The van der Waals surface area contributed by atoms with Gasteiger partial charge in [-0.2, -0.15) is 0 Å². The van der Waals surface area contributed by atoms with Gasteiger partial charge in [-0.3, -0.25) is 4.98 Å². The maximum Gasteiger partial charge on any atom is 0.142 e. The first-order valence-corrected chi connectivity index (χ1v) is 6.89. The minimum absolute atomic E-state index is 0.494. The lowest BCUT2D eigenvalue weighted by Crippen LogP contribution is -2.02. The standard InChI is InChI=1S/C12H8ClIN4O/c13-6-1-2-15-8(3-6)10(19)7-4-16-12-9(7)11(14)17-5-18-12/h1-5,10,19H,(H,16,17,18). The lowest BCUT2D eigenvalue weighted by molar-refractivity contribution is 0.217. The first-order valence-electron chi connectivity index (χ1n) is 5.44. The first-order chi connectivity index (χ1) is 9.16. The van der Waals surface area contributed by atoms with E-state index in [0.717, 1.165) is 9.09 Å². The Bertz CT molecular complexity index is 745. The zero-order valence-electron chi connectivity index (χ0n) is 9.51. The summed E-state index contributed by atoms with van der Waals surface area (Å²) < 4.78 is 0.778. The average Bonchev–Trinajstić information content (AvgIpc) is 2.83. The molecule has 0 aromatic carbocycles. The largest absolute Gasteiger partial charge is 0.382 e. The third kappa shape index (κ3) is 2.31. The second-order valence-electron chi connectivity index (χ2n) is 3.93. The van der Waals surface area contributed by atoms with Crippen molar-refractivity contribution in [1.29, 1.82) is 0 Å². The van der Waals surface area contributed by atoms with Crippen LogP contribution in [-0.2, 0) is 0 Å². The molecule has 7 heteroatoms. The molecule has 0 amide bonds. The van der Waals surface area contributed by atoms with Crippen molar-refractivity contribution in [2.24, 2.45) is 0 Å². The maximum absolute atomic E-state index is 10.4. The molecule has 3 rings (SSSR count). The van der Waals surface area contributed by atoms with Gasteiger partial charge in [0.1, 0.15) is 21.8 Å². The second-order valence-corrected chi connectivity index (χ2v) is 5.39. The number of nitrogens with one attached hydrogen (secondary N) is 1. The summed E-state index contributed by atoms with van der Waals surface area (Å²) in [6.07, 6.45) is 3.90. The lowest BCUT2D eigenvalue weighted by Gasteiger charge is -2.09. The van der Waals surface area contributed by atoms with Gasteiger partial charge in [0.15, 0.2) is 0 Å². The molecular weight excluding hydrogens is 379 g/mol. The monoisotopic (exact) mass is 386 g/mol. The van der Waals surface area contributed by atoms with E-state index in [4.69, 9.17) is 11.6 Å². The minimum Gasteiger partial charge on any atom is -0.382 e. The van der Waals surface area contributed by atoms with Gasteiger partial charge in [-0.15, -0.1) is 0 Å². The highest BCUT2D eigenvalue weighted by Gasteiger charge is 2.19. The lowest BCUT2D eigenvalue weighted by atomic mass is 10.1. The topological polar surface area (TPSA) is 74.7 Å². The van der Waals surface area contributed by atoms with Gasteiger partial charge in [-0.25, -0.2) is 9.97 Å². The number of aliphatic hydroxyl groups excluding tert-OH is 1. The normalized spacial score (nSPS) is 12.8. The predicted octanol–water partition coefficient (Wildman–Crippen LogP) is 2.69. The van der Waals surface area contributed by atoms with Gasteiger partial charge in [0.25, 0.3) is 0 Å². The highest BCUT2D eigenvalue weighted by atomic mass is 127. The van der Waals surface area contributed by atoms with Crippen LogP contribution in [0, 0.1) is 3.70 Å². The van der Waals surface area contributed by atoms with E-state index in [1.165, 1.54) is 6.33 Å². The fourth-order valence-corrected chi connectivity index (χ4v) is 2.75. The SMILES string of the molecule is OC(c1cc(Cl)ccn1)c1c[nH]c2ncnc(I)c12. The van der Waals surface area contributed by atoms with Gasteiger partial charge in [0.2, 0.25) is 0 Å². The van der Waals surface area contributed by atoms with Crippen molar-refractivity contribution < 1.29 is 5.11 Å². The van der Waals surface area contributed by atoms with Gasteiger partial charge in [0.05, 0.1) is 11.1 Å². The number of halogens is 2. The highest BCUT2D eigenvalue weighted by molar-refractivity contribution is 14.1. The number of rotatable bonds is 2. The Morgan fingerprint density at radius 2 is 2.16 bits per heavy atom. The van der Waals surface area contributed by atoms with Crippen LogP contribution in [-0.4, -0.2) is 25.0 Å². The molecule has 0 bridgehead atoms. The summed E-state index contributed by atoms with van der Waals surface area (Å²) in [5.41, 5.74) is 1.87. The Kier molecular flexibility index (Phi) is 3.38. The van der Waals surface area contributed by atoms with E-state index < -0.39 is 6.10 Å². The summed E-state index contributed by atoms with van der Waals surface area (Å²) in [7, 11) is 0. The highest BCUT2D eigenvalue weighted by Crippen LogP contribution is 2.29. The van der Waals surface area contributed by atoms with Crippen LogP contribution in [0.5, 0.6) is 0 Å². The number of nitrogens with zero attached hydrogens (tertiary/aromatic N) is 3. The summed E-state index contributed by atoms with van der Waals surface area (Å²) >= 11 is 8.03. The van der Waals surface area contributed by atoms with E-state index in [0.29, 0.717) is 21.9 Å². The van der Waals surface area contributed by atoms with Crippen LogP contribution in [0.15, 0.2) is 30.9 Å². The van der Waals surface area contributed by atoms with Gasteiger partial charge < -0.3 is 10.1 Å². The fourth-order valence-electron chi connectivity index (χ4n) is 1.89. The quantitative estimate of drug-likeness (QED) is 0.524. The number of aromatic amines is 1. The molecule has 96 valence electrons. The van der Waals surface area contributed by atoms with Gasteiger partial charge in [-0.05, 0) is 34.7 Å². The summed E-state index contributed by atoms with van der Waals surface area (Å²) in [4.78, 5) is 15.4. The molecular formula is C12H8ClIN4O. The number of aromatic nitrogens is 4.